The van der Waals surface area contributed by atoms with E-state index >= 15 is 0 Å². The third kappa shape index (κ3) is 4.44. The summed E-state index contributed by atoms with van der Waals surface area (Å²) in [5.41, 5.74) is 0.672. The molecule has 0 heterocycles. The molecule has 90 valence electrons. The number of hydrogen-bond donors (Lipinski definition) is 0. The van der Waals surface area contributed by atoms with Crippen molar-refractivity contribution in [1.82, 2.24) is 0 Å². The maximum atomic E-state index is 11.8. The molecule has 0 aliphatic rings. The van der Waals surface area contributed by atoms with Crippen LogP contribution in [0.15, 0.2) is 24.3 Å². The van der Waals surface area contributed by atoms with Crippen LogP contribution in [0.25, 0.3) is 0 Å². The summed E-state index contributed by atoms with van der Waals surface area (Å²) < 4.78 is 23.7. The molecule has 16 heavy (non-hydrogen) atoms. The van der Waals surface area contributed by atoms with Crippen molar-refractivity contribution in [3.8, 4) is 0 Å². The normalized spacial score (nSPS) is 13.7. The second-order valence-corrected chi connectivity index (χ2v) is 7.07. The smallest absolute Gasteiger partial charge is 0.154 e. The molecular formula is C11H14BrClO2S. The van der Waals surface area contributed by atoms with Gasteiger partial charge in [0.25, 0.3) is 0 Å². The highest BCUT2D eigenvalue weighted by molar-refractivity contribution is 9.09. The second kappa shape index (κ2) is 6.03. The third-order valence-electron chi connectivity index (χ3n) is 2.14. The van der Waals surface area contributed by atoms with Crippen molar-refractivity contribution >= 4 is 37.4 Å². The average Bonchev–Trinajstić information content (AvgIpc) is 2.20. The summed E-state index contributed by atoms with van der Waals surface area (Å²) >= 11 is 9.20. The summed E-state index contributed by atoms with van der Waals surface area (Å²) in [6.45, 7) is 1.90. The standard InChI is InChI=1S/C11H14BrClO2S/c1-9(6-12)7-16(14,15)8-10-4-2-3-5-11(10)13/h2-5,9H,6-8H2,1H3. The van der Waals surface area contributed by atoms with Crippen LogP contribution in [0.3, 0.4) is 0 Å². The van der Waals surface area contributed by atoms with Gasteiger partial charge in [0, 0.05) is 10.4 Å². The van der Waals surface area contributed by atoms with E-state index in [1.807, 2.05) is 6.92 Å². The molecule has 1 rings (SSSR count). The van der Waals surface area contributed by atoms with Crippen LogP contribution in [0.2, 0.25) is 5.02 Å². The molecule has 1 aromatic carbocycles. The Morgan fingerprint density at radius 2 is 2.00 bits per heavy atom. The Balaban J connectivity index is 2.77. The molecule has 1 atom stereocenters. The lowest BCUT2D eigenvalue weighted by molar-refractivity contribution is 0.583. The van der Waals surface area contributed by atoms with Crippen molar-refractivity contribution in [3.63, 3.8) is 0 Å². The maximum absolute atomic E-state index is 11.8. The molecule has 2 nitrogen and oxygen atoms in total. The van der Waals surface area contributed by atoms with Crippen LogP contribution < -0.4 is 0 Å². The summed E-state index contributed by atoms with van der Waals surface area (Å²) in [6, 6.07) is 7.04. The van der Waals surface area contributed by atoms with Crippen LogP contribution in [-0.2, 0) is 15.6 Å². The number of benzene rings is 1. The first-order valence-corrected chi connectivity index (χ1v) is 8.26. The van der Waals surface area contributed by atoms with Gasteiger partial charge in [0.05, 0.1) is 11.5 Å². The van der Waals surface area contributed by atoms with Gasteiger partial charge in [0.2, 0.25) is 0 Å². The highest BCUT2D eigenvalue weighted by Crippen LogP contribution is 2.19. The van der Waals surface area contributed by atoms with Gasteiger partial charge in [0.1, 0.15) is 0 Å². The van der Waals surface area contributed by atoms with Gasteiger partial charge >= 0.3 is 0 Å². The first-order chi connectivity index (χ1) is 7.44. The first-order valence-electron chi connectivity index (χ1n) is 4.94. The van der Waals surface area contributed by atoms with E-state index in [2.05, 4.69) is 15.9 Å². The molecule has 0 aliphatic heterocycles. The molecule has 5 heteroatoms. The van der Waals surface area contributed by atoms with Crippen molar-refractivity contribution in [2.24, 2.45) is 5.92 Å². The Bertz CT molecular complexity index is 445. The van der Waals surface area contributed by atoms with Gasteiger partial charge in [-0.1, -0.05) is 52.7 Å². The Kier molecular flexibility index (Phi) is 5.28. The van der Waals surface area contributed by atoms with Gasteiger partial charge in [-0.05, 0) is 17.5 Å². The molecule has 0 N–H and O–H groups in total. The minimum Gasteiger partial charge on any atom is -0.228 e. The number of alkyl halides is 1. The third-order valence-corrected chi connectivity index (χ3v) is 5.44. The molecule has 0 spiro atoms. The highest BCUT2D eigenvalue weighted by Gasteiger charge is 2.17. The molecule has 0 amide bonds. The highest BCUT2D eigenvalue weighted by atomic mass is 79.9. The lowest BCUT2D eigenvalue weighted by Gasteiger charge is -2.09. The topological polar surface area (TPSA) is 34.1 Å². The van der Waals surface area contributed by atoms with Crippen molar-refractivity contribution in [1.29, 1.82) is 0 Å². The quantitative estimate of drug-likeness (QED) is 0.779. The number of halogens is 2. The van der Waals surface area contributed by atoms with Crippen LogP contribution in [-0.4, -0.2) is 19.5 Å². The van der Waals surface area contributed by atoms with Crippen molar-refractivity contribution < 1.29 is 8.42 Å². The second-order valence-electron chi connectivity index (χ2n) is 3.91. The van der Waals surface area contributed by atoms with E-state index < -0.39 is 9.84 Å². The van der Waals surface area contributed by atoms with E-state index in [0.29, 0.717) is 15.9 Å². The van der Waals surface area contributed by atoms with Crippen molar-refractivity contribution in [2.45, 2.75) is 12.7 Å². The van der Waals surface area contributed by atoms with Crippen LogP contribution in [0, 0.1) is 5.92 Å². The van der Waals surface area contributed by atoms with Gasteiger partial charge in [-0.25, -0.2) is 8.42 Å². The van der Waals surface area contributed by atoms with E-state index in [1.165, 1.54) is 0 Å². The van der Waals surface area contributed by atoms with E-state index in [1.54, 1.807) is 24.3 Å². The van der Waals surface area contributed by atoms with Crippen LogP contribution >= 0.6 is 27.5 Å². The van der Waals surface area contributed by atoms with Gasteiger partial charge in [-0.15, -0.1) is 0 Å². The van der Waals surface area contributed by atoms with Crippen LogP contribution in [0.1, 0.15) is 12.5 Å². The predicted octanol–water partition coefficient (Wildman–Crippen LogP) is 3.29. The van der Waals surface area contributed by atoms with E-state index in [0.717, 1.165) is 0 Å². The Morgan fingerprint density at radius 1 is 1.38 bits per heavy atom. The van der Waals surface area contributed by atoms with Gasteiger partial charge in [0.15, 0.2) is 9.84 Å². The molecule has 1 aromatic rings. The van der Waals surface area contributed by atoms with Crippen LogP contribution in [0.5, 0.6) is 0 Å². The predicted molar refractivity (Wildman–Crippen MR) is 71.9 cm³/mol. The zero-order valence-corrected chi connectivity index (χ0v) is 12.1. The maximum Gasteiger partial charge on any atom is 0.154 e. The first kappa shape index (κ1) is 14.0. The molecular weight excluding hydrogens is 312 g/mol. The summed E-state index contributed by atoms with van der Waals surface area (Å²) in [5.74, 6) is 0.320. The fraction of sp³-hybridized carbons (Fsp3) is 0.455. The molecule has 1 unspecified atom stereocenters. The molecule has 0 saturated heterocycles. The number of rotatable bonds is 5. The largest absolute Gasteiger partial charge is 0.228 e. The van der Waals surface area contributed by atoms with Crippen molar-refractivity contribution in [2.75, 3.05) is 11.1 Å². The van der Waals surface area contributed by atoms with Gasteiger partial charge in [-0.3, -0.25) is 0 Å². The van der Waals surface area contributed by atoms with Crippen LogP contribution in [0.4, 0.5) is 0 Å². The molecule has 0 fully saturated rings. The van der Waals surface area contributed by atoms with Gasteiger partial charge < -0.3 is 0 Å². The van der Waals surface area contributed by atoms with E-state index in [9.17, 15) is 8.42 Å². The summed E-state index contributed by atoms with van der Waals surface area (Å²) in [7, 11) is -3.08. The summed E-state index contributed by atoms with van der Waals surface area (Å²) in [4.78, 5) is 0. The Hall–Kier alpha value is -0.0600. The van der Waals surface area contributed by atoms with E-state index in [-0.39, 0.29) is 17.4 Å². The monoisotopic (exact) mass is 324 g/mol. The summed E-state index contributed by atoms with van der Waals surface area (Å²) in [6.07, 6.45) is 0. The molecule has 0 aliphatic carbocycles. The number of sulfone groups is 1. The minimum absolute atomic E-state index is 0.0179. The average molecular weight is 326 g/mol. The molecule has 0 aromatic heterocycles. The fourth-order valence-electron chi connectivity index (χ4n) is 1.39. The molecule has 0 radical (unpaired) electrons. The lowest BCUT2D eigenvalue weighted by Crippen LogP contribution is -2.16. The van der Waals surface area contributed by atoms with Crippen molar-refractivity contribution in [3.05, 3.63) is 34.9 Å². The lowest BCUT2D eigenvalue weighted by atomic mass is 10.2. The SMILES string of the molecule is CC(CBr)CS(=O)(=O)Cc1ccccc1Cl. The zero-order valence-electron chi connectivity index (χ0n) is 8.99. The Morgan fingerprint density at radius 3 is 2.56 bits per heavy atom. The fourth-order valence-corrected chi connectivity index (χ4v) is 4.03. The van der Waals surface area contributed by atoms with Gasteiger partial charge in [-0.2, -0.15) is 0 Å². The summed E-state index contributed by atoms with van der Waals surface area (Å²) in [5, 5.41) is 1.20. The number of hydrogen-bond acceptors (Lipinski definition) is 2. The molecule has 0 saturated carbocycles. The minimum atomic E-state index is -3.08. The van der Waals surface area contributed by atoms with E-state index in [4.69, 9.17) is 11.6 Å². The molecule has 0 bridgehead atoms. The Labute approximate surface area is 110 Å². The zero-order chi connectivity index (χ0) is 12.2.